The SMILES string of the molecule is Cc1ccc([C@H](CC(=O)NCc2cccc(Cl)c2)N2Cc3ccccc3C2=O)cc1. The number of hydrogen-bond acceptors (Lipinski definition) is 2. The normalized spacial score (nSPS) is 13.8. The summed E-state index contributed by atoms with van der Waals surface area (Å²) < 4.78 is 0. The van der Waals surface area contributed by atoms with E-state index in [9.17, 15) is 9.59 Å². The summed E-state index contributed by atoms with van der Waals surface area (Å²) in [7, 11) is 0. The van der Waals surface area contributed by atoms with Gasteiger partial charge in [0.15, 0.2) is 0 Å². The van der Waals surface area contributed by atoms with Crippen LogP contribution in [0.4, 0.5) is 0 Å². The van der Waals surface area contributed by atoms with Crippen molar-refractivity contribution in [3.63, 3.8) is 0 Å². The second kappa shape index (κ2) is 8.72. The van der Waals surface area contributed by atoms with Gasteiger partial charge in [0.2, 0.25) is 5.91 Å². The molecule has 3 aromatic rings. The number of hydrogen-bond donors (Lipinski definition) is 1. The molecule has 1 aliphatic rings. The summed E-state index contributed by atoms with van der Waals surface area (Å²) in [5.41, 5.74) is 4.75. The van der Waals surface area contributed by atoms with Crippen LogP contribution in [-0.2, 0) is 17.9 Å². The van der Waals surface area contributed by atoms with E-state index in [1.165, 1.54) is 0 Å². The predicted molar refractivity (Wildman–Crippen MR) is 118 cm³/mol. The number of fused-ring (bicyclic) bond motifs is 1. The first-order chi connectivity index (χ1) is 14.5. The zero-order valence-electron chi connectivity index (χ0n) is 16.8. The highest BCUT2D eigenvalue weighted by Gasteiger charge is 2.34. The Morgan fingerprint density at radius 1 is 1.07 bits per heavy atom. The molecule has 0 aliphatic carbocycles. The first-order valence-corrected chi connectivity index (χ1v) is 10.4. The molecule has 5 heteroatoms. The second-order valence-corrected chi connectivity index (χ2v) is 8.06. The molecule has 4 rings (SSSR count). The van der Waals surface area contributed by atoms with Gasteiger partial charge in [-0.1, -0.05) is 71.8 Å². The highest BCUT2D eigenvalue weighted by molar-refractivity contribution is 6.30. The van der Waals surface area contributed by atoms with Crippen LogP contribution < -0.4 is 5.32 Å². The fourth-order valence-electron chi connectivity index (χ4n) is 3.82. The van der Waals surface area contributed by atoms with Crippen LogP contribution in [0.25, 0.3) is 0 Å². The highest BCUT2D eigenvalue weighted by Crippen LogP contribution is 2.33. The molecule has 0 saturated carbocycles. The van der Waals surface area contributed by atoms with Gasteiger partial charge in [-0.15, -0.1) is 0 Å². The number of rotatable bonds is 6. The molecule has 0 saturated heterocycles. The lowest BCUT2D eigenvalue weighted by Gasteiger charge is -2.28. The van der Waals surface area contributed by atoms with Gasteiger partial charge in [0.1, 0.15) is 0 Å². The number of halogens is 1. The third kappa shape index (κ3) is 4.39. The molecule has 1 heterocycles. The van der Waals surface area contributed by atoms with E-state index in [4.69, 9.17) is 11.6 Å². The fourth-order valence-corrected chi connectivity index (χ4v) is 4.03. The quantitative estimate of drug-likeness (QED) is 0.608. The standard InChI is InChI=1S/C25H23ClN2O2/c1-17-9-11-19(12-10-17)23(28-16-20-6-2-3-8-22(20)25(28)30)14-24(29)27-15-18-5-4-7-21(26)13-18/h2-13,23H,14-16H2,1H3,(H,27,29)/t23-/m0/s1. The topological polar surface area (TPSA) is 49.4 Å². The lowest BCUT2D eigenvalue weighted by Crippen LogP contribution is -2.34. The Kier molecular flexibility index (Phi) is 5.86. The van der Waals surface area contributed by atoms with Crippen LogP contribution in [0, 0.1) is 6.92 Å². The summed E-state index contributed by atoms with van der Waals surface area (Å²) in [6, 6.07) is 22.8. The molecule has 1 atom stereocenters. The molecule has 3 aromatic carbocycles. The van der Waals surface area contributed by atoms with Crippen molar-refractivity contribution >= 4 is 23.4 Å². The summed E-state index contributed by atoms with van der Waals surface area (Å²) in [6.07, 6.45) is 0.198. The first-order valence-electron chi connectivity index (χ1n) is 9.98. The minimum absolute atomic E-state index is 0.0289. The molecule has 1 N–H and O–H groups in total. The second-order valence-electron chi connectivity index (χ2n) is 7.63. The van der Waals surface area contributed by atoms with Crippen LogP contribution in [0.3, 0.4) is 0 Å². The van der Waals surface area contributed by atoms with Crippen molar-refractivity contribution in [3.05, 3.63) is 106 Å². The van der Waals surface area contributed by atoms with Gasteiger partial charge < -0.3 is 10.2 Å². The van der Waals surface area contributed by atoms with Crippen LogP contribution in [0.2, 0.25) is 5.02 Å². The third-order valence-electron chi connectivity index (χ3n) is 5.45. The first kappa shape index (κ1) is 20.2. The fraction of sp³-hybridized carbons (Fsp3) is 0.200. The molecule has 0 unspecified atom stereocenters. The molecular weight excluding hydrogens is 396 g/mol. The van der Waals surface area contributed by atoms with Gasteiger partial charge in [0.25, 0.3) is 5.91 Å². The highest BCUT2D eigenvalue weighted by atomic mass is 35.5. The molecule has 0 fully saturated rings. The van der Waals surface area contributed by atoms with E-state index in [1.807, 2.05) is 73.7 Å². The van der Waals surface area contributed by atoms with E-state index >= 15 is 0 Å². The predicted octanol–water partition coefficient (Wildman–Crippen LogP) is 5.05. The van der Waals surface area contributed by atoms with E-state index in [2.05, 4.69) is 5.32 Å². The van der Waals surface area contributed by atoms with Crippen LogP contribution >= 0.6 is 11.6 Å². The molecule has 0 aromatic heterocycles. The van der Waals surface area contributed by atoms with Gasteiger partial charge in [-0.05, 0) is 41.8 Å². The van der Waals surface area contributed by atoms with Crippen LogP contribution in [0.15, 0.2) is 72.8 Å². The maximum Gasteiger partial charge on any atom is 0.255 e. The average molecular weight is 419 g/mol. The average Bonchev–Trinajstić information content (AvgIpc) is 3.08. The van der Waals surface area contributed by atoms with Gasteiger partial charge in [-0.3, -0.25) is 9.59 Å². The van der Waals surface area contributed by atoms with Gasteiger partial charge >= 0.3 is 0 Å². The largest absolute Gasteiger partial charge is 0.352 e. The Balaban J connectivity index is 1.53. The summed E-state index contributed by atoms with van der Waals surface area (Å²) in [6.45, 7) is 2.93. The Labute approximate surface area is 181 Å². The van der Waals surface area contributed by atoms with Crippen molar-refractivity contribution < 1.29 is 9.59 Å². The van der Waals surface area contributed by atoms with Crippen LogP contribution in [0.1, 0.15) is 45.1 Å². The molecule has 0 radical (unpaired) electrons. The maximum absolute atomic E-state index is 13.1. The molecule has 152 valence electrons. The lowest BCUT2D eigenvalue weighted by atomic mass is 10.00. The van der Waals surface area contributed by atoms with E-state index in [0.717, 1.165) is 22.3 Å². The number of nitrogens with one attached hydrogen (secondary N) is 1. The van der Waals surface area contributed by atoms with Crippen molar-refractivity contribution in [2.75, 3.05) is 0 Å². The molecule has 1 aliphatic heterocycles. The minimum Gasteiger partial charge on any atom is -0.352 e. The maximum atomic E-state index is 13.1. The van der Waals surface area contributed by atoms with Crippen molar-refractivity contribution in [2.24, 2.45) is 0 Å². The van der Waals surface area contributed by atoms with E-state index in [1.54, 1.807) is 11.0 Å². The van der Waals surface area contributed by atoms with Crippen molar-refractivity contribution in [2.45, 2.75) is 32.5 Å². The number of nitrogens with zero attached hydrogens (tertiary/aromatic N) is 1. The molecular formula is C25H23ClN2O2. The number of benzene rings is 3. The number of carbonyl (C=O) groups is 2. The summed E-state index contributed by atoms with van der Waals surface area (Å²) in [5.74, 6) is -0.136. The zero-order valence-corrected chi connectivity index (χ0v) is 17.5. The van der Waals surface area contributed by atoms with Crippen LogP contribution in [0.5, 0.6) is 0 Å². The molecule has 0 bridgehead atoms. The number of aryl methyl sites for hydroxylation is 1. The van der Waals surface area contributed by atoms with Crippen molar-refractivity contribution in [1.29, 1.82) is 0 Å². The summed E-state index contributed by atoms with van der Waals surface area (Å²) in [5, 5.41) is 3.60. The monoisotopic (exact) mass is 418 g/mol. The molecule has 30 heavy (non-hydrogen) atoms. The number of amides is 2. The third-order valence-corrected chi connectivity index (χ3v) is 5.68. The van der Waals surface area contributed by atoms with Crippen molar-refractivity contribution in [1.82, 2.24) is 10.2 Å². The Hall–Kier alpha value is -3.11. The Bertz CT molecular complexity index is 1080. The van der Waals surface area contributed by atoms with E-state index < -0.39 is 0 Å². The molecule has 4 nitrogen and oxygen atoms in total. The van der Waals surface area contributed by atoms with Gasteiger partial charge in [-0.25, -0.2) is 0 Å². The molecule has 2 amide bonds. The number of carbonyl (C=O) groups excluding carboxylic acids is 2. The van der Waals surface area contributed by atoms with E-state index in [0.29, 0.717) is 23.7 Å². The van der Waals surface area contributed by atoms with Gasteiger partial charge in [0.05, 0.1) is 12.5 Å². The molecule has 0 spiro atoms. The van der Waals surface area contributed by atoms with Crippen LogP contribution in [-0.4, -0.2) is 16.7 Å². The zero-order chi connectivity index (χ0) is 21.1. The summed E-state index contributed by atoms with van der Waals surface area (Å²) in [4.78, 5) is 27.7. The van der Waals surface area contributed by atoms with Gasteiger partial charge in [-0.2, -0.15) is 0 Å². The Morgan fingerprint density at radius 3 is 2.57 bits per heavy atom. The minimum atomic E-state index is -0.329. The smallest absolute Gasteiger partial charge is 0.255 e. The lowest BCUT2D eigenvalue weighted by molar-refractivity contribution is -0.122. The van der Waals surface area contributed by atoms with E-state index in [-0.39, 0.29) is 24.3 Å². The van der Waals surface area contributed by atoms with Gasteiger partial charge in [0, 0.05) is 23.7 Å². The van der Waals surface area contributed by atoms with Crippen molar-refractivity contribution in [3.8, 4) is 0 Å². The summed E-state index contributed by atoms with van der Waals surface area (Å²) >= 11 is 6.03. The Morgan fingerprint density at radius 2 is 1.83 bits per heavy atom.